The van der Waals surface area contributed by atoms with Gasteiger partial charge >= 0.3 is 5.97 Å². The van der Waals surface area contributed by atoms with Gasteiger partial charge in [0.25, 0.3) is 11.8 Å². The average Bonchev–Trinajstić information content (AvgIpc) is 2.67. The number of nitrogens with zero attached hydrogens (tertiary/aromatic N) is 1. The van der Waals surface area contributed by atoms with E-state index < -0.39 is 23.7 Å². The van der Waals surface area contributed by atoms with Gasteiger partial charge in [-0.2, -0.15) is 0 Å². The molecule has 0 bridgehead atoms. The molecule has 1 fully saturated rings. The van der Waals surface area contributed by atoms with Crippen LogP contribution in [-0.2, 0) is 4.79 Å². The van der Waals surface area contributed by atoms with Gasteiger partial charge in [-0.15, -0.1) is 0 Å². The molecule has 7 heteroatoms. The smallest absolute Gasteiger partial charge is 0.326 e. The van der Waals surface area contributed by atoms with E-state index in [4.69, 9.17) is 0 Å². The first-order valence-electron chi connectivity index (χ1n) is 8.66. The number of aliphatic carboxylic acids is 1. The lowest BCUT2D eigenvalue weighted by Crippen LogP contribution is -2.48. The number of piperidine rings is 1. The minimum Gasteiger partial charge on any atom is -0.480 e. The molecule has 0 spiro atoms. The molecule has 2 aromatic carbocycles. The Bertz CT molecular complexity index is 884. The van der Waals surface area contributed by atoms with Gasteiger partial charge in [-0.25, -0.2) is 9.18 Å². The topological polar surface area (TPSA) is 86.7 Å². The molecule has 1 aliphatic heterocycles. The van der Waals surface area contributed by atoms with Crippen molar-refractivity contribution < 1.29 is 23.9 Å². The number of hydrogen-bond donors (Lipinski definition) is 2. The number of nitrogens with one attached hydrogen (secondary N) is 1. The SMILES string of the molecule is O=C(Nc1cccc(C(=O)N2CCCCC2C(=O)O)c1)c1cccc(F)c1. The maximum Gasteiger partial charge on any atom is 0.326 e. The van der Waals surface area contributed by atoms with Crippen LogP contribution in [0.2, 0.25) is 0 Å². The van der Waals surface area contributed by atoms with Crippen LogP contribution in [0.1, 0.15) is 40.0 Å². The zero-order chi connectivity index (χ0) is 19.4. The van der Waals surface area contributed by atoms with Crippen molar-refractivity contribution in [2.75, 3.05) is 11.9 Å². The Labute approximate surface area is 155 Å². The largest absolute Gasteiger partial charge is 0.480 e. The number of benzene rings is 2. The molecule has 6 nitrogen and oxygen atoms in total. The van der Waals surface area contributed by atoms with Crippen LogP contribution in [0.15, 0.2) is 48.5 Å². The molecule has 27 heavy (non-hydrogen) atoms. The van der Waals surface area contributed by atoms with Crippen LogP contribution in [0.3, 0.4) is 0 Å². The first-order valence-corrected chi connectivity index (χ1v) is 8.66. The fraction of sp³-hybridized carbons (Fsp3) is 0.250. The van der Waals surface area contributed by atoms with Crippen LogP contribution in [0, 0.1) is 5.82 Å². The van der Waals surface area contributed by atoms with E-state index in [0.717, 1.165) is 18.9 Å². The van der Waals surface area contributed by atoms with Crippen molar-refractivity contribution >= 4 is 23.5 Å². The summed E-state index contributed by atoms with van der Waals surface area (Å²) in [6.45, 7) is 0.385. The molecule has 0 aromatic heterocycles. The third kappa shape index (κ3) is 4.31. The van der Waals surface area contributed by atoms with Crippen LogP contribution in [0.5, 0.6) is 0 Å². The number of carbonyl (C=O) groups excluding carboxylic acids is 2. The number of anilines is 1. The Morgan fingerprint density at radius 3 is 2.52 bits per heavy atom. The summed E-state index contributed by atoms with van der Waals surface area (Å²) in [5.74, 6) is -2.42. The molecule has 2 amide bonds. The second-order valence-electron chi connectivity index (χ2n) is 6.39. The summed E-state index contributed by atoms with van der Waals surface area (Å²) in [6, 6.07) is 10.7. The minimum absolute atomic E-state index is 0.161. The molecular formula is C20H19FN2O4. The van der Waals surface area contributed by atoms with Crippen molar-refractivity contribution in [2.45, 2.75) is 25.3 Å². The van der Waals surface area contributed by atoms with Gasteiger partial charge in [-0.05, 0) is 55.7 Å². The van der Waals surface area contributed by atoms with Crippen molar-refractivity contribution in [3.8, 4) is 0 Å². The molecule has 0 saturated carbocycles. The normalized spacial score (nSPS) is 16.6. The third-order valence-corrected chi connectivity index (χ3v) is 4.50. The summed E-state index contributed by atoms with van der Waals surface area (Å²) < 4.78 is 13.3. The number of likely N-dealkylation sites (tertiary alicyclic amines) is 1. The zero-order valence-corrected chi connectivity index (χ0v) is 14.5. The van der Waals surface area contributed by atoms with Crippen LogP contribution in [0.4, 0.5) is 10.1 Å². The summed E-state index contributed by atoms with van der Waals surface area (Å²) in [6.07, 6.45) is 1.95. The maximum atomic E-state index is 13.3. The minimum atomic E-state index is -1.02. The third-order valence-electron chi connectivity index (χ3n) is 4.50. The number of carbonyl (C=O) groups is 3. The molecule has 1 aliphatic rings. The van der Waals surface area contributed by atoms with Gasteiger partial charge in [-0.1, -0.05) is 12.1 Å². The second-order valence-corrected chi connectivity index (χ2v) is 6.39. The quantitative estimate of drug-likeness (QED) is 0.866. The molecular weight excluding hydrogens is 351 g/mol. The Balaban J connectivity index is 1.77. The number of carboxylic acid groups (broad SMARTS) is 1. The molecule has 1 unspecified atom stereocenters. The van der Waals surface area contributed by atoms with Crippen LogP contribution in [-0.4, -0.2) is 40.4 Å². The fourth-order valence-electron chi connectivity index (χ4n) is 3.16. The first kappa shape index (κ1) is 18.6. The van der Waals surface area contributed by atoms with Gasteiger partial charge in [0, 0.05) is 23.4 Å². The molecule has 1 atom stereocenters. The van der Waals surface area contributed by atoms with Gasteiger partial charge in [0.15, 0.2) is 0 Å². The molecule has 2 N–H and O–H groups in total. The summed E-state index contributed by atoms with van der Waals surface area (Å²) in [5, 5.41) is 12.0. The van der Waals surface area contributed by atoms with E-state index >= 15 is 0 Å². The predicted molar refractivity (Wildman–Crippen MR) is 97.1 cm³/mol. The van der Waals surface area contributed by atoms with E-state index in [-0.39, 0.29) is 11.5 Å². The number of amides is 2. The Hall–Kier alpha value is -3.22. The molecule has 140 valence electrons. The number of hydrogen-bond acceptors (Lipinski definition) is 3. The monoisotopic (exact) mass is 370 g/mol. The maximum absolute atomic E-state index is 13.3. The molecule has 0 aliphatic carbocycles. The zero-order valence-electron chi connectivity index (χ0n) is 14.5. The summed E-state index contributed by atoms with van der Waals surface area (Å²) in [7, 11) is 0. The van der Waals surface area contributed by atoms with E-state index in [1.54, 1.807) is 18.2 Å². The highest BCUT2D eigenvalue weighted by atomic mass is 19.1. The van der Waals surface area contributed by atoms with Crippen LogP contribution >= 0.6 is 0 Å². The van der Waals surface area contributed by atoms with Crippen molar-refractivity contribution in [1.82, 2.24) is 4.90 Å². The molecule has 1 heterocycles. The number of halogens is 1. The van der Waals surface area contributed by atoms with E-state index in [1.807, 2.05) is 0 Å². The Kier molecular flexibility index (Phi) is 5.49. The van der Waals surface area contributed by atoms with Crippen molar-refractivity contribution in [3.05, 3.63) is 65.5 Å². The summed E-state index contributed by atoms with van der Waals surface area (Å²) >= 11 is 0. The van der Waals surface area contributed by atoms with Crippen molar-refractivity contribution in [1.29, 1.82) is 0 Å². The highest BCUT2D eigenvalue weighted by Gasteiger charge is 2.32. The highest BCUT2D eigenvalue weighted by Crippen LogP contribution is 2.21. The van der Waals surface area contributed by atoms with Gasteiger partial charge < -0.3 is 15.3 Å². The van der Waals surface area contributed by atoms with Crippen LogP contribution in [0.25, 0.3) is 0 Å². The number of carboxylic acids is 1. The summed E-state index contributed by atoms with van der Waals surface area (Å²) in [4.78, 5) is 37.8. The molecule has 2 aromatic rings. The lowest BCUT2D eigenvalue weighted by Gasteiger charge is -2.33. The second kappa shape index (κ2) is 7.99. The van der Waals surface area contributed by atoms with E-state index in [9.17, 15) is 23.9 Å². The van der Waals surface area contributed by atoms with Gasteiger partial charge in [0.2, 0.25) is 0 Å². The first-order chi connectivity index (χ1) is 13.0. The average molecular weight is 370 g/mol. The molecule has 1 saturated heterocycles. The lowest BCUT2D eigenvalue weighted by atomic mass is 10.0. The van der Waals surface area contributed by atoms with Gasteiger partial charge in [0.1, 0.15) is 11.9 Å². The van der Waals surface area contributed by atoms with Crippen LogP contribution < -0.4 is 5.32 Å². The highest BCUT2D eigenvalue weighted by molar-refractivity contribution is 6.05. The Morgan fingerprint density at radius 2 is 1.78 bits per heavy atom. The molecule has 3 rings (SSSR count). The lowest BCUT2D eigenvalue weighted by molar-refractivity contribution is -0.143. The summed E-state index contributed by atoms with van der Waals surface area (Å²) in [5.41, 5.74) is 0.827. The Morgan fingerprint density at radius 1 is 1.04 bits per heavy atom. The van der Waals surface area contributed by atoms with E-state index in [1.165, 1.54) is 29.2 Å². The van der Waals surface area contributed by atoms with Crippen molar-refractivity contribution in [2.24, 2.45) is 0 Å². The fourth-order valence-corrected chi connectivity index (χ4v) is 3.16. The molecule has 0 radical (unpaired) electrons. The number of rotatable bonds is 4. The van der Waals surface area contributed by atoms with Gasteiger partial charge in [0.05, 0.1) is 0 Å². The van der Waals surface area contributed by atoms with E-state index in [0.29, 0.717) is 24.2 Å². The van der Waals surface area contributed by atoms with E-state index in [2.05, 4.69) is 5.32 Å². The van der Waals surface area contributed by atoms with Crippen molar-refractivity contribution in [3.63, 3.8) is 0 Å². The standard InChI is InChI=1S/C20H19FN2O4/c21-15-7-3-5-13(11-15)18(24)22-16-8-4-6-14(12-16)19(25)23-10-2-1-9-17(23)20(26)27/h3-8,11-12,17H,1-2,9-10H2,(H,22,24)(H,26,27). The predicted octanol–water partition coefficient (Wildman–Crippen LogP) is 3.16. The van der Waals surface area contributed by atoms with Gasteiger partial charge in [-0.3, -0.25) is 9.59 Å².